The largest absolute Gasteiger partial charge is 0.342 e. The Kier molecular flexibility index (Phi) is 4.70. The molecule has 2 aliphatic rings. The van der Waals surface area contributed by atoms with Crippen LogP contribution in [0.2, 0.25) is 0 Å². The van der Waals surface area contributed by atoms with Crippen molar-refractivity contribution in [1.82, 2.24) is 24.9 Å². The van der Waals surface area contributed by atoms with E-state index in [1.54, 1.807) is 4.90 Å². The number of amides is 2. The molecular weight excluding hydrogens is 342 g/mol. The predicted molar refractivity (Wildman–Crippen MR) is 101 cm³/mol. The minimum atomic E-state index is -0.388. The van der Waals surface area contributed by atoms with Gasteiger partial charge < -0.3 is 10.2 Å². The summed E-state index contributed by atoms with van der Waals surface area (Å²) >= 11 is 0. The zero-order chi connectivity index (χ0) is 19.0. The van der Waals surface area contributed by atoms with Crippen molar-refractivity contribution in [3.05, 3.63) is 47.8 Å². The van der Waals surface area contributed by atoms with Gasteiger partial charge in [0.25, 0.3) is 0 Å². The molecular formula is C20H25N5O2. The number of hydrogen-bond donors (Lipinski definition) is 1. The lowest BCUT2D eigenvalue weighted by atomic mass is 10.0. The number of aromatic nitrogens is 2. The van der Waals surface area contributed by atoms with Crippen molar-refractivity contribution in [3.63, 3.8) is 0 Å². The summed E-state index contributed by atoms with van der Waals surface area (Å²) < 4.78 is 1.87. The van der Waals surface area contributed by atoms with Gasteiger partial charge >= 0.3 is 0 Å². The highest BCUT2D eigenvalue weighted by molar-refractivity contribution is 5.97. The molecule has 0 spiro atoms. The Morgan fingerprint density at radius 1 is 1.19 bits per heavy atom. The highest BCUT2D eigenvalue weighted by atomic mass is 16.2. The number of hydrogen-bond acceptors (Lipinski definition) is 4. The Hall–Kier alpha value is -2.67. The highest BCUT2D eigenvalue weighted by Gasteiger charge is 2.42. The number of benzene rings is 1. The standard InChI is InChI=1S/C20H25N5O2/c1-3-17-20(27)24-9-8-23(13-18(24)19(26)22-17)11-15-10-21-25(12-15)16-6-4-14(2)5-7-16/h4-7,10,12,17-18H,3,8-9,11,13H2,1-2H3,(H,22,26)/t17-,18+/m0/s1. The predicted octanol–water partition coefficient (Wildman–Crippen LogP) is 1.10. The van der Waals surface area contributed by atoms with Crippen molar-refractivity contribution in [2.24, 2.45) is 0 Å². The lowest BCUT2D eigenvalue weighted by molar-refractivity contribution is -0.153. The first-order chi connectivity index (χ1) is 13.0. The van der Waals surface area contributed by atoms with Gasteiger partial charge in [-0.15, -0.1) is 0 Å². The van der Waals surface area contributed by atoms with Crippen LogP contribution in [0.15, 0.2) is 36.7 Å². The van der Waals surface area contributed by atoms with E-state index in [2.05, 4.69) is 34.4 Å². The van der Waals surface area contributed by atoms with Crippen LogP contribution < -0.4 is 5.32 Å². The van der Waals surface area contributed by atoms with Gasteiger partial charge in [0.2, 0.25) is 11.8 Å². The van der Waals surface area contributed by atoms with Crippen molar-refractivity contribution in [1.29, 1.82) is 0 Å². The molecule has 0 radical (unpaired) electrons. The lowest BCUT2D eigenvalue weighted by Gasteiger charge is -2.45. The summed E-state index contributed by atoms with van der Waals surface area (Å²) in [5.74, 6) is 0.00967. The average Bonchev–Trinajstić information content (AvgIpc) is 3.13. The van der Waals surface area contributed by atoms with E-state index in [1.165, 1.54) is 5.56 Å². The maximum Gasteiger partial charge on any atom is 0.245 e. The van der Waals surface area contributed by atoms with Crippen LogP contribution in [0.5, 0.6) is 0 Å². The Labute approximate surface area is 158 Å². The Balaban J connectivity index is 1.42. The van der Waals surface area contributed by atoms with Crippen LogP contribution in [0.25, 0.3) is 5.69 Å². The van der Waals surface area contributed by atoms with Crippen LogP contribution in [0.1, 0.15) is 24.5 Å². The van der Waals surface area contributed by atoms with Gasteiger partial charge in [-0.05, 0) is 25.5 Å². The van der Waals surface area contributed by atoms with Gasteiger partial charge in [0.15, 0.2) is 0 Å². The monoisotopic (exact) mass is 367 g/mol. The number of carbonyl (C=O) groups excluding carboxylic acids is 2. The number of carbonyl (C=O) groups is 2. The number of nitrogens with one attached hydrogen (secondary N) is 1. The van der Waals surface area contributed by atoms with Crippen molar-refractivity contribution in [2.75, 3.05) is 19.6 Å². The van der Waals surface area contributed by atoms with Crippen molar-refractivity contribution in [3.8, 4) is 5.69 Å². The summed E-state index contributed by atoms with van der Waals surface area (Å²) in [4.78, 5) is 28.8. The summed E-state index contributed by atoms with van der Waals surface area (Å²) in [5.41, 5.74) is 3.34. The maximum atomic E-state index is 12.5. The zero-order valence-corrected chi connectivity index (χ0v) is 15.8. The molecule has 0 unspecified atom stereocenters. The van der Waals surface area contributed by atoms with Gasteiger partial charge in [0, 0.05) is 37.9 Å². The minimum absolute atomic E-state index is 0.0403. The molecule has 4 rings (SSSR count). The number of piperazine rings is 2. The summed E-state index contributed by atoms with van der Waals surface area (Å²) in [5, 5.41) is 7.31. The van der Waals surface area contributed by atoms with E-state index in [-0.39, 0.29) is 23.9 Å². The summed E-state index contributed by atoms with van der Waals surface area (Å²) in [7, 11) is 0. The molecule has 7 nitrogen and oxygen atoms in total. The molecule has 2 atom stereocenters. The normalized spacial score (nSPS) is 23.3. The molecule has 27 heavy (non-hydrogen) atoms. The summed E-state index contributed by atoms with van der Waals surface area (Å²) in [6.45, 7) is 6.62. The Morgan fingerprint density at radius 3 is 2.70 bits per heavy atom. The second-order valence-electron chi connectivity index (χ2n) is 7.38. The number of fused-ring (bicyclic) bond motifs is 1. The number of aryl methyl sites for hydroxylation is 1. The fourth-order valence-corrected chi connectivity index (χ4v) is 3.82. The fourth-order valence-electron chi connectivity index (χ4n) is 3.82. The van der Waals surface area contributed by atoms with Gasteiger partial charge in [-0.25, -0.2) is 4.68 Å². The number of nitrogens with zero attached hydrogens (tertiary/aromatic N) is 4. The molecule has 0 aliphatic carbocycles. The van der Waals surface area contributed by atoms with Crippen molar-refractivity contribution in [2.45, 2.75) is 38.9 Å². The Bertz CT molecular complexity index is 844. The molecule has 2 aromatic rings. The van der Waals surface area contributed by atoms with Gasteiger partial charge in [0.05, 0.1) is 11.9 Å². The van der Waals surface area contributed by atoms with Crippen LogP contribution in [-0.2, 0) is 16.1 Å². The topological polar surface area (TPSA) is 70.5 Å². The third kappa shape index (κ3) is 3.47. The van der Waals surface area contributed by atoms with E-state index in [1.807, 2.05) is 36.1 Å². The van der Waals surface area contributed by atoms with E-state index in [9.17, 15) is 9.59 Å². The maximum absolute atomic E-state index is 12.5. The molecule has 1 aromatic carbocycles. The van der Waals surface area contributed by atoms with Gasteiger partial charge in [0.1, 0.15) is 12.1 Å². The van der Waals surface area contributed by atoms with E-state index in [0.29, 0.717) is 19.5 Å². The molecule has 142 valence electrons. The first kappa shape index (κ1) is 17.7. The van der Waals surface area contributed by atoms with E-state index in [4.69, 9.17) is 0 Å². The van der Waals surface area contributed by atoms with Gasteiger partial charge in [-0.2, -0.15) is 5.10 Å². The lowest BCUT2D eigenvalue weighted by Crippen LogP contribution is -2.68. The van der Waals surface area contributed by atoms with Crippen LogP contribution in [-0.4, -0.2) is 63.1 Å². The molecule has 1 N–H and O–H groups in total. The second-order valence-corrected chi connectivity index (χ2v) is 7.38. The first-order valence-corrected chi connectivity index (χ1v) is 9.49. The van der Waals surface area contributed by atoms with E-state index >= 15 is 0 Å². The van der Waals surface area contributed by atoms with Crippen molar-refractivity contribution < 1.29 is 9.59 Å². The third-order valence-electron chi connectivity index (χ3n) is 5.41. The average molecular weight is 367 g/mol. The van der Waals surface area contributed by atoms with Gasteiger partial charge in [-0.3, -0.25) is 14.5 Å². The molecule has 0 bridgehead atoms. The van der Waals surface area contributed by atoms with E-state index < -0.39 is 0 Å². The smallest absolute Gasteiger partial charge is 0.245 e. The van der Waals surface area contributed by atoms with Crippen LogP contribution >= 0.6 is 0 Å². The highest BCUT2D eigenvalue weighted by Crippen LogP contribution is 2.19. The van der Waals surface area contributed by atoms with Crippen LogP contribution in [0.4, 0.5) is 0 Å². The molecule has 7 heteroatoms. The molecule has 0 saturated carbocycles. The summed E-state index contributed by atoms with van der Waals surface area (Å²) in [6, 6.07) is 7.48. The molecule has 2 aliphatic heterocycles. The fraction of sp³-hybridized carbons (Fsp3) is 0.450. The van der Waals surface area contributed by atoms with Crippen LogP contribution in [0, 0.1) is 6.92 Å². The van der Waals surface area contributed by atoms with Crippen LogP contribution in [0.3, 0.4) is 0 Å². The molecule has 2 amide bonds. The molecule has 2 fully saturated rings. The SMILES string of the molecule is CC[C@@H]1NC(=O)[C@H]2CN(Cc3cnn(-c4ccc(C)cc4)c3)CCN2C1=O. The minimum Gasteiger partial charge on any atom is -0.342 e. The van der Waals surface area contributed by atoms with E-state index in [0.717, 1.165) is 24.3 Å². The summed E-state index contributed by atoms with van der Waals surface area (Å²) in [6.07, 6.45) is 4.53. The molecule has 3 heterocycles. The van der Waals surface area contributed by atoms with Crippen molar-refractivity contribution >= 4 is 11.8 Å². The Morgan fingerprint density at radius 2 is 1.96 bits per heavy atom. The molecule has 2 saturated heterocycles. The first-order valence-electron chi connectivity index (χ1n) is 9.49. The third-order valence-corrected chi connectivity index (χ3v) is 5.41. The van der Waals surface area contributed by atoms with Gasteiger partial charge in [-0.1, -0.05) is 24.6 Å². The zero-order valence-electron chi connectivity index (χ0n) is 15.8. The number of rotatable bonds is 4. The second kappa shape index (κ2) is 7.15. The quantitative estimate of drug-likeness (QED) is 0.879. The molecule has 1 aromatic heterocycles.